The van der Waals surface area contributed by atoms with Crippen LogP contribution in [-0.4, -0.2) is 17.6 Å². The van der Waals surface area contributed by atoms with Gasteiger partial charge in [0.25, 0.3) is 0 Å². The Morgan fingerprint density at radius 1 is 1.53 bits per heavy atom. The molecular formula is C12H18ClNO2S. The number of aliphatic hydroxyl groups excluding tert-OH is 1. The van der Waals surface area contributed by atoms with Gasteiger partial charge in [0.05, 0.1) is 4.34 Å². The Bertz CT molecular complexity index is 365. The number of carbonyl (C=O) groups excluding carboxylic acids is 1. The van der Waals surface area contributed by atoms with Gasteiger partial charge in [-0.2, -0.15) is 0 Å². The van der Waals surface area contributed by atoms with Gasteiger partial charge in [0.15, 0.2) is 0 Å². The normalized spacial score (nSPS) is 12.8. The first-order valence-corrected chi connectivity index (χ1v) is 6.88. The number of hydrogen-bond donors (Lipinski definition) is 2. The summed E-state index contributed by atoms with van der Waals surface area (Å²) < 4.78 is 0.644. The fraction of sp³-hybridized carbons (Fsp3) is 0.583. The highest BCUT2D eigenvalue weighted by Crippen LogP contribution is 2.26. The molecule has 0 aliphatic rings. The van der Waals surface area contributed by atoms with Crippen molar-refractivity contribution in [1.29, 1.82) is 0 Å². The second-order valence-electron chi connectivity index (χ2n) is 4.39. The molecule has 1 aromatic rings. The maximum absolute atomic E-state index is 11.4. The van der Waals surface area contributed by atoms with Crippen LogP contribution in [0.25, 0.3) is 0 Å². The third-order valence-electron chi connectivity index (χ3n) is 2.36. The van der Waals surface area contributed by atoms with Crippen LogP contribution in [0.15, 0.2) is 12.1 Å². The van der Waals surface area contributed by atoms with E-state index in [1.54, 1.807) is 12.1 Å². The second-order valence-corrected chi connectivity index (χ2v) is 6.14. The van der Waals surface area contributed by atoms with E-state index in [1.807, 2.05) is 0 Å². The van der Waals surface area contributed by atoms with E-state index < -0.39 is 6.10 Å². The Hall–Kier alpha value is -0.580. The highest BCUT2D eigenvalue weighted by molar-refractivity contribution is 7.16. The second kappa shape index (κ2) is 6.99. The third kappa shape index (κ3) is 5.52. The van der Waals surface area contributed by atoms with E-state index in [-0.39, 0.29) is 12.5 Å². The first-order valence-electron chi connectivity index (χ1n) is 5.69. The molecule has 5 heteroatoms. The van der Waals surface area contributed by atoms with Crippen LogP contribution in [0, 0.1) is 5.92 Å². The van der Waals surface area contributed by atoms with Crippen LogP contribution in [0.5, 0.6) is 0 Å². The summed E-state index contributed by atoms with van der Waals surface area (Å²) in [6, 6.07) is 3.52. The number of amides is 1. The lowest BCUT2D eigenvalue weighted by Crippen LogP contribution is -2.28. The standard InChI is InChI=1S/C12H18ClNO2S/c1-8(2)3-6-12(16)14-7-9(15)10-4-5-11(13)17-10/h4-5,8-9,15H,3,6-7H2,1-2H3,(H,14,16). The minimum Gasteiger partial charge on any atom is -0.386 e. The molecule has 1 amide bonds. The third-order valence-corrected chi connectivity index (χ3v) is 3.70. The van der Waals surface area contributed by atoms with Gasteiger partial charge in [0.1, 0.15) is 6.10 Å². The van der Waals surface area contributed by atoms with Crippen LogP contribution in [0.4, 0.5) is 0 Å². The van der Waals surface area contributed by atoms with Crippen molar-refractivity contribution >= 4 is 28.8 Å². The smallest absolute Gasteiger partial charge is 0.220 e. The topological polar surface area (TPSA) is 49.3 Å². The molecule has 0 aliphatic carbocycles. The van der Waals surface area contributed by atoms with Gasteiger partial charge in [-0.25, -0.2) is 0 Å². The van der Waals surface area contributed by atoms with Crippen LogP contribution in [0.1, 0.15) is 37.7 Å². The van der Waals surface area contributed by atoms with Crippen molar-refractivity contribution in [2.75, 3.05) is 6.54 Å². The number of carbonyl (C=O) groups is 1. The van der Waals surface area contributed by atoms with Crippen molar-refractivity contribution in [3.8, 4) is 0 Å². The number of nitrogens with one attached hydrogen (secondary N) is 1. The predicted molar refractivity (Wildman–Crippen MR) is 71.4 cm³/mol. The summed E-state index contributed by atoms with van der Waals surface area (Å²) in [5.41, 5.74) is 0. The van der Waals surface area contributed by atoms with E-state index in [0.29, 0.717) is 16.7 Å². The molecular weight excluding hydrogens is 258 g/mol. The average molecular weight is 276 g/mol. The number of halogens is 1. The van der Waals surface area contributed by atoms with Crippen molar-refractivity contribution in [2.45, 2.75) is 32.8 Å². The van der Waals surface area contributed by atoms with Crippen molar-refractivity contribution in [3.05, 3.63) is 21.3 Å². The minimum absolute atomic E-state index is 0.0135. The molecule has 0 fully saturated rings. The van der Waals surface area contributed by atoms with Gasteiger partial charge in [-0.1, -0.05) is 25.4 Å². The summed E-state index contributed by atoms with van der Waals surface area (Å²) in [7, 11) is 0. The number of aliphatic hydroxyl groups is 1. The van der Waals surface area contributed by atoms with Crippen LogP contribution >= 0.6 is 22.9 Å². The lowest BCUT2D eigenvalue weighted by molar-refractivity contribution is -0.121. The maximum atomic E-state index is 11.4. The number of rotatable bonds is 6. The van der Waals surface area contributed by atoms with Crippen LogP contribution in [0.2, 0.25) is 4.34 Å². The summed E-state index contributed by atoms with van der Waals surface area (Å²) in [5.74, 6) is 0.502. The lowest BCUT2D eigenvalue weighted by Gasteiger charge is -2.10. The van der Waals surface area contributed by atoms with E-state index >= 15 is 0 Å². The SMILES string of the molecule is CC(C)CCC(=O)NCC(O)c1ccc(Cl)s1. The Morgan fingerprint density at radius 2 is 2.24 bits per heavy atom. The zero-order valence-electron chi connectivity index (χ0n) is 10.1. The zero-order valence-corrected chi connectivity index (χ0v) is 11.6. The van der Waals surface area contributed by atoms with Crippen LogP contribution in [-0.2, 0) is 4.79 Å². The van der Waals surface area contributed by atoms with E-state index in [0.717, 1.165) is 11.3 Å². The predicted octanol–water partition coefficient (Wildman–Crippen LogP) is 2.99. The molecule has 2 N–H and O–H groups in total. The lowest BCUT2D eigenvalue weighted by atomic mass is 10.1. The fourth-order valence-corrected chi connectivity index (χ4v) is 2.37. The van der Waals surface area contributed by atoms with Crippen molar-refractivity contribution in [1.82, 2.24) is 5.32 Å². The molecule has 0 bridgehead atoms. The first-order chi connectivity index (χ1) is 7.99. The molecule has 17 heavy (non-hydrogen) atoms. The maximum Gasteiger partial charge on any atom is 0.220 e. The minimum atomic E-state index is -0.671. The summed E-state index contributed by atoms with van der Waals surface area (Å²) >= 11 is 7.10. The molecule has 0 saturated heterocycles. The molecule has 1 atom stereocenters. The van der Waals surface area contributed by atoms with Gasteiger partial charge in [-0.05, 0) is 24.5 Å². The first kappa shape index (κ1) is 14.5. The van der Waals surface area contributed by atoms with Crippen LogP contribution in [0.3, 0.4) is 0 Å². The zero-order chi connectivity index (χ0) is 12.8. The molecule has 1 heterocycles. The van der Waals surface area contributed by atoms with Crippen molar-refractivity contribution < 1.29 is 9.90 Å². The van der Waals surface area contributed by atoms with E-state index in [1.165, 1.54) is 11.3 Å². The number of thiophene rings is 1. The molecule has 0 spiro atoms. The van der Waals surface area contributed by atoms with Gasteiger partial charge in [-0.15, -0.1) is 11.3 Å². The molecule has 3 nitrogen and oxygen atoms in total. The van der Waals surface area contributed by atoms with Crippen LogP contribution < -0.4 is 5.32 Å². The van der Waals surface area contributed by atoms with Gasteiger partial charge < -0.3 is 10.4 Å². The highest BCUT2D eigenvalue weighted by atomic mass is 35.5. The fourth-order valence-electron chi connectivity index (χ4n) is 1.33. The quantitative estimate of drug-likeness (QED) is 0.839. The van der Waals surface area contributed by atoms with Crippen molar-refractivity contribution in [3.63, 3.8) is 0 Å². The summed E-state index contributed by atoms with van der Waals surface area (Å²) in [5, 5.41) is 12.5. The van der Waals surface area contributed by atoms with E-state index in [9.17, 15) is 9.90 Å². The molecule has 0 aliphatic heterocycles. The summed E-state index contributed by atoms with van der Waals surface area (Å²) in [4.78, 5) is 12.2. The van der Waals surface area contributed by atoms with Gasteiger partial charge in [0.2, 0.25) is 5.91 Å². The van der Waals surface area contributed by atoms with E-state index in [4.69, 9.17) is 11.6 Å². The molecule has 1 unspecified atom stereocenters. The number of hydrogen-bond acceptors (Lipinski definition) is 3. The molecule has 0 radical (unpaired) electrons. The molecule has 96 valence electrons. The molecule has 1 aromatic heterocycles. The Balaban J connectivity index is 2.28. The molecule has 1 rings (SSSR count). The van der Waals surface area contributed by atoms with Gasteiger partial charge >= 0.3 is 0 Å². The monoisotopic (exact) mass is 275 g/mol. The summed E-state index contributed by atoms with van der Waals surface area (Å²) in [6.45, 7) is 4.40. The van der Waals surface area contributed by atoms with Crippen molar-refractivity contribution in [2.24, 2.45) is 5.92 Å². The Kier molecular flexibility index (Phi) is 5.95. The van der Waals surface area contributed by atoms with Gasteiger partial charge in [0, 0.05) is 17.8 Å². The Labute approximate surface area is 111 Å². The van der Waals surface area contributed by atoms with E-state index in [2.05, 4.69) is 19.2 Å². The highest BCUT2D eigenvalue weighted by Gasteiger charge is 2.11. The Morgan fingerprint density at radius 3 is 2.76 bits per heavy atom. The summed E-state index contributed by atoms with van der Waals surface area (Å²) in [6.07, 6.45) is 0.706. The van der Waals surface area contributed by atoms with Gasteiger partial charge in [-0.3, -0.25) is 4.79 Å². The largest absolute Gasteiger partial charge is 0.386 e. The molecule has 0 saturated carbocycles. The molecule has 0 aromatic carbocycles. The average Bonchev–Trinajstić information content (AvgIpc) is 2.70.